The van der Waals surface area contributed by atoms with E-state index in [1.165, 1.54) is 38.5 Å². The Balaban J connectivity index is 1.67. The van der Waals surface area contributed by atoms with E-state index in [4.69, 9.17) is 5.41 Å². The van der Waals surface area contributed by atoms with Crippen LogP contribution in [0.2, 0.25) is 0 Å². The van der Waals surface area contributed by atoms with Crippen molar-refractivity contribution in [1.82, 2.24) is 4.90 Å². The minimum atomic E-state index is 0.645. The first-order valence-electron chi connectivity index (χ1n) is 6.18. The zero-order chi connectivity index (χ0) is 9.54. The van der Waals surface area contributed by atoms with Crippen LogP contribution in [-0.2, 0) is 0 Å². The van der Waals surface area contributed by atoms with Crippen LogP contribution in [0.15, 0.2) is 0 Å². The third-order valence-corrected chi connectivity index (χ3v) is 4.54. The smallest absolute Gasteiger partial charge is 0.0992 e. The average Bonchev–Trinajstić information content (AvgIpc) is 2.93. The summed E-state index contributed by atoms with van der Waals surface area (Å²) in [5.74, 6) is 3.50. The fourth-order valence-electron chi connectivity index (χ4n) is 3.77. The zero-order valence-corrected chi connectivity index (χ0v) is 8.84. The summed E-state index contributed by atoms with van der Waals surface area (Å²) >= 11 is 0. The maximum atomic E-state index is 8.26. The summed E-state index contributed by atoms with van der Waals surface area (Å²) in [5.41, 5.74) is 0. The van der Waals surface area contributed by atoms with Gasteiger partial charge in [-0.2, -0.15) is 0 Å². The fraction of sp³-hybridized carbons (Fsp3) is 0.917. The first-order valence-corrected chi connectivity index (χ1v) is 6.18. The molecule has 78 valence electrons. The van der Waals surface area contributed by atoms with Crippen molar-refractivity contribution < 1.29 is 0 Å². The molecular formula is C12H20N2. The van der Waals surface area contributed by atoms with Gasteiger partial charge in [0.05, 0.1) is 5.84 Å². The summed E-state index contributed by atoms with van der Waals surface area (Å²) in [6.07, 6.45) is 8.24. The molecule has 0 amide bonds. The van der Waals surface area contributed by atoms with Crippen molar-refractivity contribution in [2.45, 2.75) is 38.5 Å². The summed E-state index contributed by atoms with van der Waals surface area (Å²) in [6, 6.07) is 0. The third kappa shape index (κ3) is 1.27. The highest BCUT2D eigenvalue weighted by Crippen LogP contribution is 2.49. The molecule has 3 rings (SSSR count). The maximum absolute atomic E-state index is 8.26. The number of nitrogens with zero attached hydrogens (tertiary/aromatic N) is 1. The molecule has 1 saturated heterocycles. The average molecular weight is 192 g/mol. The van der Waals surface area contributed by atoms with Crippen LogP contribution in [0.1, 0.15) is 38.5 Å². The Labute approximate surface area is 86.2 Å². The lowest BCUT2D eigenvalue weighted by atomic mass is 9.87. The Morgan fingerprint density at radius 1 is 1.07 bits per heavy atom. The number of amidine groups is 1. The monoisotopic (exact) mass is 192 g/mol. The minimum absolute atomic E-state index is 0.645. The molecule has 14 heavy (non-hydrogen) atoms. The van der Waals surface area contributed by atoms with Gasteiger partial charge in [0.15, 0.2) is 0 Å². The summed E-state index contributed by atoms with van der Waals surface area (Å²) in [4.78, 5) is 2.34. The molecule has 1 aliphatic heterocycles. The number of fused-ring (bicyclic) bond motifs is 2. The molecule has 3 atom stereocenters. The normalized spacial score (nSPS) is 40.9. The van der Waals surface area contributed by atoms with Crippen molar-refractivity contribution in [2.75, 3.05) is 13.1 Å². The molecule has 3 fully saturated rings. The van der Waals surface area contributed by atoms with Gasteiger partial charge in [0.1, 0.15) is 0 Å². The lowest BCUT2D eigenvalue weighted by molar-refractivity contribution is 0.369. The number of hydrogen-bond donors (Lipinski definition) is 1. The summed E-state index contributed by atoms with van der Waals surface area (Å²) in [7, 11) is 0. The number of nitrogens with one attached hydrogen (secondary N) is 1. The molecular weight excluding hydrogens is 172 g/mol. The Kier molecular flexibility index (Phi) is 2.03. The standard InChI is InChI=1S/C12H20N2/c13-12(14-5-1-2-6-14)11-8-9-3-4-10(11)7-9/h9-11,13H,1-8H2. The van der Waals surface area contributed by atoms with Crippen LogP contribution in [0.3, 0.4) is 0 Å². The zero-order valence-electron chi connectivity index (χ0n) is 8.84. The molecule has 2 aliphatic carbocycles. The van der Waals surface area contributed by atoms with Gasteiger partial charge in [0.25, 0.3) is 0 Å². The van der Waals surface area contributed by atoms with Gasteiger partial charge in [-0.05, 0) is 43.9 Å². The van der Waals surface area contributed by atoms with Gasteiger partial charge in [-0.3, -0.25) is 5.41 Å². The molecule has 2 saturated carbocycles. The fourth-order valence-corrected chi connectivity index (χ4v) is 3.77. The van der Waals surface area contributed by atoms with E-state index in [9.17, 15) is 0 Å². The van der Waals surface area contributed by atoms with Gasteiger partial charge in [0.2, 0.25) is 0 Å². The first kappa shape index (κ1) is 8.75. The van der Waals surface area contributed by atoms with Crippen molar-refractivity contribution in [3.05, 3.63) is 0 Å². The van der Waals surface area contributed by atoms with Gasteiger partial charge in [-0.25, -0.2) is 0 Å². The van der Waals surface area contributed by atoms with Gasteiger partial charge in [0, 0.05) is 19.0 Å². The van der Waals surface area contributed by atoms with Crippen molar-refractivity contribution in [1.29, 1.82) is 5.41 Å². The largest absolute Gasteiger partial charge is 0.360 e. The Hall–Kier alpha value is -0.530. The van der Waals surface area contributed by atoms with Crippen molar-refractivity contribution in [3.8, 4) is 0 Å². The summed E-state index contributed by atoms with van der Waals surface area (Å²) in [6.45, 7) is 2.32. The Morgan fingerprint density at radius 2 is 1.86 bits per heavy atom. The van der Waals surface area contributed by atoms with Gasteiger partial charge in [-0.1, -0.05) is 6.42 Å². The lowest BCUT2D eigenvalue weighted by Gasteiger charge is -2.28. The molecule has 3 unspecified atom stereocenters. The van der Waals surface area contributed by atoms with Crippen LogP contribution >= 0.6 is 0 Å². The second-order valence-corrected chi connectivity index (χ2v) is 5.36. The molecule has 2 bridgehead atoms. The van der Waals surface area contributed by atoms with Crippen LogP contribution in [0.4, 0.5) is 0 Å². The molecule has 0 radical (unpaired) electrons. The number of likely N-dealkylation sites (tertiary alicyclic amines) is 1. The van der Waals surface area contributed by atoms with Crippen LogP contribution in [0, 0.1) is 23.2 Å². The maximum Gasteiger partial charge on any atom is 0.0992 e. The van der Waals surface area contributed by atoms with E-state index in [1.807, 2.05) is 0 Å². The van der Waals surface area contributed by atoms with Crippen LogP contribution in [0.5, 0.6) is 0 Å². The lowest BCUT2D eigenvalue weighted by Crippen LogP contribution is -2.35. The van der Waals surface area contributed by atoms with Crippen LogP contribution in [-0.4, -0.2) is 23.8 Å². The highest BCUT2D eigenvalue weighted by atomic mass is 15.2. The van der Waals surface area contributed by atoms with E-state index in [0.717, 1.165) is 30.8 Å². The Morgan fingerprint density at radius 3 is 2.43 bits per heavy atom. The predicted octanol–water partition coefficient (Wildman–Crippen LogP) is 2.50. The van der Waals surface area contributed by atoms with Crippen molar-refractivity contribution in [3.63, 3.8) is 0 Å². The van der Waals surface area contributed by atoms with Gasteiger partial charge >= 0.3 is 0 Å². The van der Waals surface area contributed by atoms with Gasteiger partial charge in [-0.15, -0.1) is 0 Å². The number of hydrogen-bond acceptors (Lipinski definition) is 1. The van der Waals surface area contributed by atoms with Crippen LogP contribution < -0.4 is 0 Å². The van der Waals surface area contributed by atoms with E-state index in [1.54, 1.807) is 0 Å². The number of rotatable bonds is 1. The van der Waals surface area contributed by atoms with E-state index in [2.05, 4.69) is 4.90 Å². The van der Waals surface area contributed by atoms with Gasteiger partial charge < -0.3 is 4.90 Å². The second-order valence-electron chi connectivity index (χ2n) is 5.36. The van der Waals surface area contributed by atoms with E-state index in [-0.39, 0.29) is 0 Å². The minimum Gasteiger partial charge on any atom is -0.360 e. The summed E-state index contributed by atoms with van der Waals surface area (Å²) in [5, 5.41) is 8.26. The first-order chi connectivity index (χ1) is 6.84. The molecule has 1 N–H and O–H groups in total. The molecule has 0 aromatic heterocycles. The molecule has 0 spiro atoms. The molecule has 2 nitrogen and oxygen atoms in total. The third-order valence-electron chi connectivity index (χ3n) is 4.54. The van der Waals surface area contributed by atoms with E-state index in [0.29, 0.717) is 5.92 Å². The molecule has 1 heterocycles. The van der Waals surface area contributed by atoms with Crippen LogP contribution in [0.25, 0.3) is 0 Å². The Bertz CT molecular complexity index is 243. The molecule has 0 aromatic rings. The van der Waals surface area contributed by atoms with Crippen molar-refractivity contribution in [2.24, 2.45) is 17.8 Å². The quantitative estimate of drug-likeness (QED) is 0.501. The van der Waals surface area contributed by atoms with Crippen molar-refractivity contribution >= 4 is 5.84 Å². The second kappa shape index (κ2) is 3.25. The topological polar surface area (TPSA) is 27.1 Å². The highest BCUT2D eigenvalue weighted by molar-refractivity contribution is 5.82. The molecule has 0 aromatic carbocycles. The highest BCUT2D eigenvalue weighted by Gasteiger charge is 2.42. The van der Waals surface area contributed by atoms with E-state index < -0.39 is 0 Å². The summed E-state index contributed by atoms with van der Waals surface area (Å²) < 4.78 is 0. The predicted molar refractivity (Wildman–Crippen MR) is 57.5 cm³/mol. The van der Waals surface area contributed by atoms with E-state index >= 15 is 0 Å². The SMILES string of the molecule is N=C(C1CC2CCC1C2)N1CCCC1. The molecule has 2 heteroatoms. The molecule has 3 aliphatic rings.